The highest BCUT2D eigenvalue weighted by Crippen LogP contribution is 2.32. The van der Waals surface area contributed by atoms with E-state index in [1.165, 1.54) is 12.1 Å². The summed E-state index contributed by atoms with van der Waals surface area (Å²) in [6.45, 7) is 0. The summed E-state index contributed by atoms with van der Waals surface area (Å²) in [5.74, 6) is 0. The predicted octanol–water partition coefficient (Wildman–Crippen LogP) is 4.25. The Labute approximate surface area is 106 Å². The van der Waals surface area contributed by atoms with Gasteiger partial charge < -0.3 is 4.98 Å². The van der Waals surface area contributed by atoms with Crippen LogP contribution < -0.4 is 0 Å². The highest BCUT2D eigenvalue weighted by Gasteiger charge is 2.29. The molecule has 0 aliphatic heterocycles. The van der Waals surface area contributed by atoms with Gasteiger partial charge in [-0.15, -0.1) is 0 Å². The molecule has 19 heavy (non-hydrogen) atoms. The summed E-state index contributed by atoms with van der Waals surface area (Å²) in [5.41, 5.74) is 1.67. The number of aromatic amines is 1. The van der Waals surface area contributed by atoms with Gasteiger partial charge in [0.15, 0.2) is 0 Å². The van der Waals surface area contributed by atoms with Crippen molar-refractivity contribution in [3.63, 3.8) is 0 Å². The molecule has 0 fully saturated rings. The number of hydrogen-bond donors (Lipinski definition) is 1. The molecule has 0 aliphatic rings. The monoisotopic (exact) mass is 262 g/mol. The average Bonchev–Trinajstić information content (AvgIpc) is 2.86. The molecule has 0 bridgehead atoms. The molecule has 0 atom stereocenters. The Balaban J connectivity index is 2.10. The molecule has 2 aromatic heterocycles. The molecule has 0 saturated carbocycles. The van der Waals surface area contributed by atoms with E-state index in [2.05, 4.69) is 9.97 Å². The molecule has 0 spiro atoms. The number of alkyl halides is 3. The fraction of sp³-hybridized carbons (Fsp3) is 0.0714. The van der Waals surface area contributed by atoms with E-state index in [0.29, 0.717) is 0 Å². The largest absolute Gasteiger partial charge is 0.416 e. The minimum Gasteiger partial charge on any atom is -0.346 e. The molecule has 3 aromatic rings. The third-order valence-corrected chi connectivity index (χ3v) is 2.98. The van der Waals surface area contributed by atoms with Gasteiger partial charge in [-0.05, 0) is 35.4 Å². The van der Waals surface area contributed by atoms with Crippen molar-refractivity contribution in [1.29, 1.82) is 0 Å². The lowest BCUT2D eigenvalue weighted by atomic mass is 10.0. The van der Waals surface area contributed by atoms with Crippen LogP contribution in [0.3, 0.4) is 0 Å². The van der Waals surface area contributed by atoms with Gasteiger partial charge in [0.05, 0.1) is 5.56 Å². The zero-order valence-corrected chi connectivity index (χ0v) is 9.70. The van der Waals surface area contributed by atoms with Gasteiger partial charge in [0.1, 0.15) is 5.65 Å². The number of benzene rings is 1. The van der Waals surface area contributed by atoms with Crippen LogP contribution in [-0.4, -0.2) is 9.97 Å². The Kier molecular flexibility index (Phi) is 2.55. The van der Waals surface area contributed by atoms with Crippen LogP contribution in [0.25, 0.3) is 22.2 Å². The van der Waals surface area contributed by atoms with E-state index < -0.39 is 11.7 Å². The highest BCUT2D eigenvalue weighted by atomic mass is 19.4. The molecule has 2 heterocycles. The van der Waals surface area contributed by atoms with Gasteiger partial charge in [-0.3, -0.25) is 0 Å². The van der Waals surface area contributed by atoms with Gasteiger partial charge in [-0.2, -0.15) is 13.2 Å². The van der Waals surface area contributed by atoms with Crippen molar-refractivity contribution < 1.29 is 13.2 Å². The molecule has 1 N–H and O–H groups in total. The number of aromatic nitrogens is 2. The third kappa shape index (κ3) is 2.07. The van der Waals surface area contributed by atoms with E-state index in [9.17, 15) is 13.2 Å². The first kappa shape index (κ1) is 11.8. The quantitative estimate of drug-likeness (QED) is 0.697. The molecule has 1 aromatic carbocycles. The normalized spacial score (nSPS) is 11.9. The van der Waals surface area contributed by atoms with E-state index in [-0.39, 0.29) is 0 Å². The summed E-state index contributed by atoms with van der Waals surface area (Å²) in [6.07, 6.45) is -0.919. The average molecular weight is 262 g/mol. The van der Waals surface area contributed by atoms with Crippen LogP contribution in [0.15, 0.2) is 48.8 Å². The summed E-state index contributed by atoms with van der Waals surface area (Å²) < 4.78 is 37.5. The lowest BCUT2D eigenvalue weighted by Gasteiger charge is -2.08. The Morgan fingerprint density at radius 1 is 0.947 bits per heavy atom. The molecular formula is C14H9F3N2. The molecule has 0 amide bonds. The lowest BCUT2D eigenvalue weighted by molar-refractivity contribution is -0.137. The zero-order chi connectivity index (χ0) is 13.5. The Bertz CT molecular complexity index is 711. The molecule has 96 valence electrons. The number of rotatable bonds is 1. The van der Waals surface area contributed by atoms with Gasteiger partial charge in [0.2, 0.25) is 0 Å². The second-order valence-electron chi connectivity index (χ2n) is 4.17. The SMILES string of the molecule is FC(F)(F)c1ccc(-c2ccnc3[nH]ccc23)cc1. The Morgan fingerprint density at radius 3 is 2.37 bits per heavy atom. The second kappa shape index (κ2) is 4.12. The molecule has 0 unspecified atom stereocenters. The predicted molar refractivity (Wildman–Crippen MR) is 66.5 cm³/mol. The zero-order valence-electron chi connectivity index (χ0n) is 9.70. The first-order valence-electron chi connectivity index (χ1n) is 5.65. The minimum atomic E-state index is -4.31. The molecule has 3 rings (SSSR count). The fourth-order valence-electron chi connectivity index (χ4n) is 2.05. The van der Waals surface area contributed by atoms with Crippen LogP contribution >= 0.6 is 0 Å². The molecule has 0 aliphatic carbocycles. The van der Waals surface area contributed by atoms with Crippen LogP contribution in [0.1, 0.15) is 5.56 Å². The second-order valence-corrected chi connectivity index (χ2v) is 4.17. The van der Waals surface area contributed by atoms with Gasteiger partial charge in [0, 0.05) is 17.8 Å². The number of fused-ring (bicyclic) bond motifs is 1. The summed E-state index contributed by atoms with van der Waals surface area (Å²) in [6, 6.07) is 8.78. The van der Waals surface area contributed by atoms with Crippen molar-refractivity contribution in [2.45, 2.75) is 6.18 Å². The summed E-state index contributed by atoms with van der Waals surface area (Å²) in [4.78, 5) is 7.12. The lowest BCUT2D eigenvalue weighted by Crippen LogP contribution is -2.03. The molecular weight excluding hydrogens is 253 g/mol. The van der Waals surface area contributed by atoms with Crippen LogP contribution in [0, 0.1) is 0 Å². The number of pyridine rings is 1. The topological polar surface area (TPSA) is 28.7 Å². The van der Waals surface area contributed by atoms with Crippen molar-refractivity contribution in [2.24, 2.45) is 0 Å². The number of halogens is 3. The first-order chi connectivity index (χ1) is 9.05. The number of hydrogen-bond acceptors (Lipinski definition) is 1. The van der Waals surface area contributed by atoms with Gasteiger partial charge in [-0.1, -0.05) is 12.1 Å². The van der Waals surface area contributed by atoms with Crippen molar-refractivity contribution >= 4 is 11.0 Å². The van der Waals surface area contributed by atoms with Crippen molar-refractivity contribution in [3.05, 3.63) is 54.4 Å². The van der Waals surface area contributed by atoms with E-state index >= 15 is 0 Å². The summed E-state index contributed by atoms with van der Waals surface area (Å²) in [7, 11) is 0. The fourth-order valence-corrected chi connectivity index (χ4v) is 2.05. The van der Waals surface area contributed by atoms with Crippen molar-refractivity contribution in [2.75, 3.05) is 0 Å². The maximum Gasteiger partial charge on any atom is 0.416 e. The number of nitrogens with one attached hydrogen (secondary N) is 1. The van der Waals surface area contributed by atoms with Crippen LogP contribution in [0.2, 0.25) is 0 Å². The van der Waals surface area contributed by atoms with E-state index in [4.69, 9.17) is 0 Å². The maximum absolute atomic E-state index is 12.5. The van der Waals surface area contributed by atoms with E-state index in [0.717, 1.165) is 34.3 Å². The third-order valence-electron chi connectivity index (χ3n) is 2.98. The first-order valence-corrected chi connectivity index (χ1v) is 5.65. The maximum atomic E-state index is 12.5. The van der Waals surface area contributed by atoms with Crippen molar-refractivity contribution in [3.8, 4) is 11.1 Å². The molecule has 5 heteroatoms. The Hall–Kier alpha value is -2.30. The minimum absolute atomic E-state index is 0.643. The van der Waals surface area contributed by atoms with Crippen molar-refractivity contribution in [1.82, 2.24) is 9.97 Å². The number of H-pyrrole nitrogens is 1. The van der Waals surface area contributed by atoms with E-state index in [1.807, 2.05) is 6.07 Å². The smallest absolute Gasteiger partial charge is 0.346 e. The summed E-state index contributed by atoms with van der Waals surface area (Å²) in [5, 5.41) is 0.891. The Morgan fingerprint density at radius 2 is 1.68 bits per heavy atom. The number of nitrogens with zero attached hydrogens (tertiary/aromatic N) is 1. The summed E-state index contributed by atoms with van der Waals surface area (Å²) >= 11 is 0. The van der Waals surface area contributed by atoms with Crippen LogP contribution in [0.4, 0.5) is 13.2 Å². The molecule has 0 saturated heterocycles. The molecule has 0 radical (unpaired) electrons. The standard InChI is InChI=1S/C14H9F3N2/c15-14(16,17)10-3-1-9(2-4-10)11-5-7-18-13-12(11)6-8-19-13/h1-8H,(H,18,19). The van der Waals surface area contributed by atoms with E-state index in [1.54, 1.807) is 18.5 Å². The van der Waals surface area contributed by atoms with Crippen LogP contribution in [-0.2, 0) is 6.18 Å². The van der Waals surface area contributed by atoms with Gasteiger partial charge in [0.25, 0.3) is 0 Å². The molecule has 2 nitrogen and oxygen atoms in total. The highest BCUT2D eigenvalue weighted by molar-refractivity contribution is 5.92. The van der Waals surface area contributed by atoms with Gasteiger partial charge >= 0.3 is 6.18 Å². The van der Waals surface area contributed by atoms with Crippen LogP contribution in [0.5, 0.6) is 0 Å². The van der Waals surface area contributed by atoms with Gasteiger partial charge in [-0.25, -0.2) is 4.98 Å².